The maximum absolute atomic E-state index is 11.6. The maximum atomic E-state index is 11.6. The van der Waals surface area contributed by atoms with Crippen molar-refractivity contribution in [2.45, 2.75) is 45.6 Å². The molecule has 0 spiro atoms. The number of hydrogen-bond acceptors (Lipinski definition) is 5. The van der Waals surface area contributed by atoms with Crippen molar-refractivity contribution in [3.63, 3.8) is 0 Å². The van der Waals surface area contributed by atoms with Gasteiger partial charge in [0, 0.05) is 27.1 Å². The van der Waals surface area contributed by atoms with Gasteiger partial charge in [0.25, 0.3) is 0 Å². The van der Waals surface area contributed by atoms with Crippen molar-refractivity contribution < 1.29 is 23.9 Å². The molecule has 0 aromatic rings. The topological polar surface area (TPSA) is 77.1 Å². The van der Waals surface area contributed by atoms with E-state index in [0.29, 0.717) is 39.0 Å². The van der Waals surface area contributed by atoms with Gasteiger partial charge in [-0.1, -0.05) is 0 Å². The zero-order chi connectivity index (χ0) is 16.3. The Labute approximate surface area is 126 Å². The first-order valence-corrected chi connectivity index (χ1v) is 7.11. The lowest BCUT2D eigenvalue weighted by Gasteiger charge is -2.24. The highest BCUT2D eigenvalue weighted by molar-refractivity contribution is 5.75. The minimum atomic E-state index is -0.547. The Kier molecular flexibility index (Phi) is 9.73. The Balaban J connectivity index is 3.62. The average molecular weight is 304 g/mol. The number of carbonyl (C=O) groups excluding carboxylic acids is 2. The second kappa shape index (κ2) is 10.4. The van der Waals surface area contributed by atoms with Gasteiger partial charge >= 0.3 is 6.09 Å². The summed E-state index contributed by atoms with van der Waals surface area (Å²) in [5.41, 5.74) is -0.547. The minimum Gasteiger partial charge on any atom is -0.442 e. The molecule has 0 bridgehead atoms. The van der Waals surface area contributed by atoms with Crippen LogP contribution in [-0.2, 0) is 19.1 Å². The normalized spacial score (nSPS) is 11.1. The molecule has 0 saturated carbocycles. The second-order valence-electron chi connectivity index (χ2n) is 5.61. The van der Waals surface area contributed by atoms with Gasteiger partial charge in [-0.3, -0.25) is 9.63 Å². The second-order valence-corrected chi connectivity index (χ2v) is 5.61. The number of nitrogens with zero attached hydrogens (tertiary/aromatic N) is 1. The summed E-state index contributed by atoms with van der Waals surface area (Å²) >= 11 is 0. The molecule has 0 aliphatic rings. The standard InChI is InChI=1S/C14H28N2O5/c1-14(2,3)21-13(18)16(4)20-10-7-6-8-12(17)15-9-11-19-5/h6-11H2,1-5H3,(H,15,17). The minimum absolute atomic E-state index is 0.00690. The first kappa shape index (κ1) is 19.7. The van der Waals surface area contributed by atoms with Gasteiger partial charge in [0.1, 0.15) is 5.60 Å². The van der Waals surface area contributed by atoms with E-state index in [9.17, 15) is 9.59 Å². The molecule has 0 aliphatic heterocycles. The third kappa shape index (κ3) is 12.1. The van der Waals surface area contributed by atoms with Gasteiger partial charge in [-0.15, -0.1) is 0 Å². The molecule has 21 heavy (non-hydrogen) atoms. The van der Waals surface area contributed by atoms with Crippen LogP contribution in [0.25, 0.3) is 0 Å². The Hall–Kier alpha value is -1.34. The molecule has 0 saturated heterocycles. The van der Waals surface area contributed by atoms with Crippen LogP contribution in [0.4, 0.5) is 4.79 Å². The number of hydroxylamine groups is 2. The molecule has 0 aliphatic carbocycles. The Morgan fingerprint density at radius 3 is 2.38 bits per heavy atom. The van der Waals surface area contributed by atoms with Crippen molar-refractivity contribution in [1.29, 1.82) is 0 Å². The third-order valence-electron chi connectivity index (χ3n) is 2.36. The van der Waals surface area contributed by atoms with Crippen LogP contribution in [0, 0.1) is 0 Å². The molecule has 0 atom stereocenters. The first-order chi connectivity index (χ1) is 9.76. The predicted molar refractivity (Wildman–Crippen MR) is 78.7 cm³/mol. The summed E-state index contributed by atoms with van der Waals surface area (Å²) in [6.07, 6.45) is 1.29. The van der Waals surface area contributed by atoms with Gasteiger partial charge in [0.05, 0.1) is 13.2 Å². The van der Waals surface area contributed by atoms with Crippen LogP contribution in [-0.4, -0.2) is 56.6 Å². The van der Waals surface area contributed by atoms with E-state index in [1.807, 2.05) is 0 Å². The van der Waals surface area contributed by atoms with Crippen molar-refractivity contribution >= 4 is 12.0 Å². The molecule has 0 radical (unpaired) electrons. The van der Waals surface area contributed by atoms with Crippen LogP contribution < -0.4 is 5.32 Å². The lowest BCUT2D eigenvalue weighted by Crippen LogP contribution is -2.34. The molecule has 7 nitrogen and oxygen atoms in total. The van der Waals surface area contributed by atoms with Crippen LogP contribution in [0.3, 0.4) is 0 Å². The van der Waals surface area contributed by atoms with Crippen LogP contribution in [0.1, 0.15) is 40.0 Å². The number of unbranched alkanes of at least 4 members (excludes halogenated alkanes) is 1. The number of hydrogen-bond donors (Lipinski definition) is 1. The summed E-state index contributed by atoms with van der Waals surface area (Å²) in [5.74, 6) is -0.00690. The predicted octanol–water partition coefficient (Wildman–Crippen LogP) is 1.72. The van der Waals surface area contributed by atoms with Gasteiger partial charge < -0.3 is 14.8 Å². The summed E-state index contributed by atoms with van der Waals surface area (Å²) in [4.78, 5) is 28.2. The van der Waals surface area contributed by atoms with Gasteiger partial charge in [-0.25, -0.2) is 4.79 Å². The molecule has 0 aromatic carbocycles. The Morgan fingerprint density at radius 1 is 1.14 bits per heavy atom. The van der Waals surface area contributed by atoms with E-state index in [0.717, 1.165) is 5.06 Å². The van der Waals surface area contributed by atoms with E-state index in [2.05, 4.69) is 5.32 Å². The quantitative estimate of drug-likeness (QED) is 0.518. The average Bonchev–Trinajstić information content (AvgIpc) is 2.36. The van der Waals surface area contributed by atoms with E-state index in [4.69, 9.17) is 14.3 Å². The number of carbonyl (C=O) groups is 2. The molecule has 0 rings (SSSR count). The molecular weight excluding hydrogens is 276 g/mol. The van der Waals surface area contributed by atoms with Gasteiger partial charge in [-0.05, 0) is 33.6 Å². The largest absolute Gasteiger partial charge is 0.442 e. The zero-order valence-electron chi connectivity index (χ0n) is 13.7. The zero-order valence-corrected chi connectivity index (χ0v) is 13.7. The summed E-state index contributed by atoms with van der Waals surface area (Å²) in [6, 6.07) is 0. The lowest BCUT2D eigenvalue weighted by molar-refractivity contribution is -0.132. The van der Waals surface area contributed by atoms with Crippen molar-refractivity contribution in [3.8, 4) is 0 Å². The summed E-state index contributed by atoms with van der Waals surface area (Å²) < 4.78 is 9.97. The van der Waals surface area contributed by atoms with E-state index < -0.39 is 11.7 Å². The Bertz CT molecular complexity index is 315. The molecule has 2 amide bonds. The number of nitrogens with one attached hydrogen (secondary N) is 1. The molecule has 0 heterocycles. The smallest absolute Gasteiger partial charge is 0.434 e. The van der Waals surface area contributed by atoms with Crippen molar-refractivity contribution in [2.75, 3.05) is 33.9 Å². The highest BCUT2D eigenvalue weighted by atomic mass is 16.7. The fourth-order valence-corrected chi connectivity index (χ4v) is 1.35. The van der Waals surface area contributed by atoms with Gasteiger partial charge in [0.15, 0.2) is 0 Å². The van der Waals surface area contributed by atoms with Crippen LogP contribution in [0.2, 0.25) is 0 Å². The first-order valence-electron chi connectivity index (χ1n) is 7.11. The van der Waals surface area contributed by atoms with Crippen LogP contribution in [0.5, 0.6) is 0 Å². The highest BCUT2D eigenvalue weighted by Gasteiger charge is 2.19. The number of amides is 2. The SMILES string of the molecule is COCCNC(=O)CCCCON(C)C(=O)OC(C)(C)C. The number of ether oxygens (including phenoxy) is 2. The summed E-state index contributed by atoms with van der Waals surface area (Å²) in [6.45, 7) is 6.77. The monoisotopic (exact) mass is 304 g/mol. The molecule has 0 unspecified atom stereocenters. The molecule has 7 heteroatoms. The fourth-order valence-electron chi connectivity index (χ4n) is 1.35. The van der Waals surface area contributed by atoms with Crippen LogP contribution >= 0.6 is 0 Å². The molecule has 0 fully saturated rings. The van der Waals surface area contributed by atoms with Gasteiger partial charge in [-0.2, -0.15) is 5.06 Å². The lowest BCUT2D eigenvalue weighted by atomic mass is 10.2. The van der Waals surface area contributed by atoms with Crippen molar-refractivity contribution in [1.82, 2.24) is 10.4 Å². The molecule has 124 valence electrons. The van der Waals surface area contributed by atoms with E-state index in [1.165, 1.54) is 7.05 Å². The van der Waals surface area contributed by atoms with Crippen LogP contribution in [0.15, 0.2) is 0 Å². The summed E-state index contributed by atoms with van der Waals surface area (Å²) in [7, 11) is 3.09. The number of methoxy groups -OCH3 is 1. The van der Waals surface area contributed by atoms with Crippen molar-refractivity contribution in [3.05, 3.63) is 0 Å². The van der Waals surface area contributed by atoms with E-state index in [-0.39, 0.29) is 5.91 Å². The fraction of sp³-hybridized carbons (Fsp3) is 0.857. The molecule has 1 N–H and O–H groups in total. The maximum Gasteiger partial charge on any atom is 0.434 e. The van der Waals surface area contributed by atoms with Gasteiger partial charge in [0.2, 0.25) is 5.91 Å². The van der Waals surface area contributed by atoms with E-state index >= 15 is 0 Å². The summed E-state index contributed by atoms with van der Waals surface area (Å²) in [5, 5.41) is 3.81. The Morgan fingerprint density at radius 2 is 1.81 bits per heavy atom. The molecular formula is C14H28N2O5. The van der Waals surface area contributed by atoms with E-state index in [1.54, 1.807) is 27.9 Å². The molecule has 0 aromatic heterocycles. The third-order valence-corrected chi connectivity index (χ3v) is 2.36. The number of rotatable bonds is 9. The van der Waals surface area contributed by atoms with Crippen molar-refractivity contribution in [2.24, 2.45) is 0 Å². The highest BCUT2D eigenvalue weighted by Crippen LogP contribution is 2.09.